The lowest BCUT2D eigenvalue weighted by Gasteiger charge is -2.27. The lowest BCUT2D eigenvalue weighted by Crippen LogP contribution is -2.39. The molecule has 1 aromatic carbocycles. The van der Waals surface area contributed by atoms with Crippen molar-refractivity contribution in [1.29, 1.82) is 0 Å². The van der Waals surface area contributed by atoms with Crippen molar-refractivity contribution in [3.63, 3.8) is 0 Å². The maximum absolute atomic E-state index is 13.3. The normalized spacial score (nSPS) is 22.0. The van der Waals surface area contributed by atoms with Gasteiger partial charge in [0.1, 0.15) is 17.3 Å². The van der Waals surface area contributed by atoms with Gasteiger partial charge >= 0.3 is 0 Å². The molecule has 9 nitrogen and oxygen atoms in total. The van der Waals surface area contributed by atoms with Gasteiger partial charge in [0.05, 0.1) is 25.6 Å². The summed E-state index contributed by atoms with van der Waals surface area (Å²) in [6, 6.07) is 13.7. The topological polar surface area (TPSA) is 112 Å². The van der Waals surface area contributed by atoms with Crippen LogP contribution in [0.4, 0.5) is 0 Å². The Morgan fingerprint density at radius 2 is 1.97 bits per heavy atom. The quantitative estimate of drug-likeness (QED) is 0.569. The Morgan fingerprint density at radius 1 is 1.21 bits per heavy atom. The number of carbonyl (C=O) groups excluding carboxylic acids is 1. The standard InChI is InChI=1S/C23H26N4O3.CH2O2/c1-25-20(10-24-21(25)17-6-3-2-4-7-17)22(29)27-12-18-11-26(13-19-8-5-9-30-19)14-23(18,15-27)16-28;2-1-3/h2-10,18,28H,11-16H2,1H3;1H,(H,2,3)/t18-,23+;/m0./s1. The summed E-state index contributed by atoms with van der Waals surface area (Å²) in [5.74, 6) is 1.94. The van der Waals surface area contributed by atoms with Gasteiger partial charge in [-0.1, -0.05) is 30.3 Å². The average Bonchev–Trinajstić information content (AvgIpc) is 3.58. The monoisotopic (exact) mass is 452 g/mol. The Hall–Kier alpha value is -3.43. The molecule has 33 heavy (non-hydrogen) atoms. The molecular weight excluding hydrogens is 424 g/mol. The second kappa shape index (κ2) is 9.60. The van der Waals surface area contributed by atoms with Gasteiger partial charge in [-0.05, 0) is 18.1 Å². The average molecular weight is 453 g/mol. The van der Waals surface area contributed by atoms with Crippen LogP contribution >= 0.6 is 0 Å². The molecule has 2 atom stereocenters. The minimum Gasteiger partial charge on any atom is -0.483 e. The number of aliphatic hydroxyl groups is 1. The van der Waals surface area contributed by atoms with Crippen LogP contribution in [0.25, 0.3) is 11.4 Å². The smallest absolute Gasteiger partial charge is 0.290 e. The molecule has 0 unspecified atom stereocenters. The third-order valence-corrected chi connectivity index (χ3v) is 6.63. The number of fused-ring (bicyclic) bond motifs is 1. The number of nitrogens with zero attached hydrogens (tertiary/aromatic N) is 4. The van der Waals surface area contributed by atoms with E-state index in [1.165, 1.54) is 0 Å². The second-order valence-electron chi connectivity index (χ2n) is 8.65. The molecule has 174 valence electrons. The molecule has 3 aromatic rings. The third kappa shape index (κ3) is 4.42. The molecule has 9 heteroatoms. The zero-order valence-electron chi connectivity index (χ0n) is 18.5. The van der Waals surface area contributed by atoms with Crippen molar-refractivity contribution < 1.29 is 24.2 Å². The highest BCUT2D eigenvalue weighted by atomic mass is 16.3. The summed E-state index contributed by atoms with van der Waals surface area (Å²) >= 11 is 0. The molecule has 4 heterocycles. The first-order chi connectivity index (χ1) is 16.0. The van der Waals surface area contributed by atoms with Crippen LogP contribution in [0.5, 0.6) is 0 Å². The Labute approximate surface area is 191 Å². The molecule has 2 saturated heterocycles. The Kier molecular flexibility index (Phi) is 6.62. The molecule has 2 fully saturated rings. The highest BCUT2D eigenvalue weighted by Crippen LogP contribution is 2.43. The molecule has 0 radical (unpaired) electrons. The SMILES string of the molecule is Cn1c(C(=O)N2C[C@@H]3CN(Cc4ccco4)C[C@]3(CO)C2)cnc1-c1ccccc1.O=CO. The van der Waals surface area contributed by atoms with Gasteiger partial charge in [-0.25, -0.2) is 4.98 Å². The molecule has 0 spiro atoms. The predicted octanol–water partition coefficient (Wildman–Crippen LogP) is 1.95. The van der Waals surface area contributed by atoms with Crippen molar-refractivity contribution in [3.05, 3.63) is 66.4 Å². The number of furan rings is 1. The van der Waals surface area contributed by atoms with Crippen molar-refractivity contribution in [2.75, 3.05) is 32.8 Å². The fourth-order valence-electron chi connectivity index (χ4n) is 5.04. The van der Waals surface area contributed by atoms with E-state index in [-0.39, 0.29) is 30.3 Å². The minimum atomic E-state index is -0.275. The predicted molar refractivity (Wildman–Crippen MR) is 120 cm³/mol. The lowest BCUT2D eigenvalue weighted by molar-refractivity contribution is -0.122. The number of benzene rings is 1. The van der Waals surface area contributed by atoms with Crippen LogP contribution in [-0.4, -0.2) is 74.7 Å². The Balaban J connectivity index is 0.000000821. The van der Waals surface area contributed by atoms with E-state index in [1.54, 1.807) is 12.5 Å². The minimum absolute atomic E-state index is 0.0213. The number of hydrogen-bond donors (Lipinski definition) is 2. The Morgan fingerprint density at radius 3 is 2.61 bits per heavy atom. The van der Waals surface area contributed by atoms with E-state index in [0.29, 0.717) is 18.8 Å². The van der Waals surface area contributed by atoms with Crippen LogP contribution in [0.15, 0.2) is 59.3 Å². The fourth-order valence-corrected chi connectivity index (χ4v) is 5.04. The number of rotatable bonds is 5. The molecule has 5 rings (SSSR count). The van der Waals surface area contributed by atoms with Crippen molar-refractivity contribution in [2.24, 2.45) is 18.4 Å². The van der Waals surface area contributed by atoms with Crippen LogP contribution in [0.2, 0.25) is 0 Å². The fraction of sp³-hybridized carbons (Fsp3) is 0.375. The van der Waals surface area contributed by atoms with Gasteiger partial charge in [0.2, 0.25) is 0 Å². The largest absolute Gasteiger partial charge is 0.483 e. The summed E-state index contributed by atoms with van der Waals surface area (Å²) in [4.78, 5) is 30.3. The molecule has 2 aliphatic heterocycles. The number of imidazole rings is 1. The van der Waals surface area contributed by atoms with E-state index < -0.39 is 0 Å². The summed E-state index contributed by atoms with van der Waals surface area (Å²) in [6.45, 7) is 3.40. The van der Waals surface area contributed by atoms with Gasteiger partial charge in [-0.2, -0.15) is 0 Å². The van der Waals surface area contributed by atoms with Gasteiger partial charge in [0.15, 0.2) is 0 Å². The second-order valence-corrected chi connectivity index (χ2v) is 8.65. The third-order valence-electron chi connectivity index (χ3n) is 6.63. The van der Waals surface area contributed by atoms with E-state index in [1.807, 2.05) is 59.0 Å². The molecule has 2 aliphatic rings. The molecule has 2 N–H and O–H groups in total. The number of hydrogen-bond acceptors (Lipinski definition) is 6. The highest BCUT2D eigenvalue weighted by molar-refractivity contribution is 5.93. The van der Waals surface area contributed by atoms with Crippen LogP contribution in [-0.2, 0) is 18.4 Å². The molecule has 0 aliphatic carbocycles. The van der Waals surface area contributed by atoms with Crippen molar-refractivity contribution in [2.45, 2.75) is 6.54 Å². The number of aromatic nitrogens is 2. The molecular formula is C24H28N4O5. The lowest BCUT2D eigenvalue weighted by atomic mass is 9.82. The Bertz CT molecular complexity index is 1080. The number of aliphatic hydroxyl groups excluding tert-OH is 1. The summed E-state index contributed by atoms with van der Waals surface area (Å²) in [6.07, 6.45) is 3.35. The number of carbonyl (C=O) groups is 2. The van der Waals surface area contributed by atoms with Gasteiger partial charge in [0, 0.05) is 44.2 Å². The van der Waals surface area contributed by atoms with Gasteiger partial charge in [-0.15, -0.1) is 0 Å². The maximum Gasteiger partial charge on any atom is 0.290 e. The van der Waals surface area contributed by atoms with Crippen molar-refractivity contribution in [1.82, 2.24) is 19.4 Å². The molecule has 1 amide bonds. The van der Waals surface area contributed by atoms with Crippen LogP contribution in [0, 0.1) is 11.3 Å². The zero-order valence-corrected chi connectivity index (χ0v) is 18.5. The van der Waals surface area contributed by atoms with E-state index in [2.05, 4.69) is 9.88 Å². The number of carboxylic acid groups (broad SMARTS) is 1. The van der Waals surface area contributed by atoms with Crippen molar-refractivity contribution in [3.8, 4) is 11.4 Å². The maximum atomic E-state index is 13.3. The first-order valence-corrected chi connectivity index (χ1v) is 10.8. The van der Waals surface area contributed by atoms with Crippen LogP contribution in [0.1, 0.15) is 16.2 Å². The summed E-state index contributed by atoms with van der Waals surface area (Å²) in [7, 11) is 1.88. The van der Waals surface area contributed by atoms with Gasteiger partial charge < -0.3 is 24.1 Å². The van der Waals surface area contributed by atoms with Crippen LogP contribution in [0.3, 0.4) is 0 Å². The first-order valence-electron chi connectivity index (χ1n) is 10.8. The van der Waals surface area contributed by atoms with Gasteiger partial charge in [0.25, 0.3) is 12.4 Å². The summed E-state index contributed by atoms with van der Waals surface area (Å²) in [5, 5.41) is 17.1. The van der Waals surface area contributed by atoms with Crippen molar-refractivity contribution >= 4 is 12.4 Å². The molecule has 2 aromatic heterocycles. The molecule has 0 saturated carbocycles. The van der Waals surface area contributed by atoms with Gasteiger partial charge in [-0.3, -0.25) is 14.5 Å². The van der Waals surface area contributed by atoms with E-state index in [0.717, 1.165) is 36.8 Å². The highest BCUT2D eigenvalue weighted by Gasteiger charge is 2.53. The van der Waals surface area contributed by atoms with E-state index in [9.17, 15) is 9.90 Å². The number of likely N-dealkylation sites (tertiary alicyclic amines) is 2. The molecule has 0 bridgehead atoms. The first kappa shape index (κ1) is 22.8. The summed E-state index contributed by atoms with van der Waals surface area (Å²) in [5.41, 5.74) is 1.29. The number of amides is 1. The van der Waals surface area contributed by atoms with Crippen LogP contribution < -0.4 is 0 Å². The van der Waals surface area contributed by atoms with E-state index in [4.69, 9.17) is 14.3 Å². The van der Waals surface area contributed by atoms with E-state index >= 15 is 0 Å². The summed E-state index contributed by atoms with van der Waals surface area (Å²) < 4.78 is 7.34. The zero-order chi connectivity index (χ0) is 23.4.